The molecule has 0 saturated carbocycles. The molecule has 1 atom stereocenters. The van der Waals surface area contributed by atoms with Gasteiger partial charge in [0.15, 0.2) is 5.78 Å². The first-order valence-corrected chi connectivity index (χ1v) is 9.37. The summed E-state index contributed by atoms with van der Waals surface area (Å²) < 4.78 is 11.9. The summed E-state index contributed by atoms with van der Waals surface area (Å²) in [4.78, 5) is 22.6. The number of benzene rings is 2. The number of carboxylic acid groups (broad SMARTS) is 1. The van der Waals surface area contributed by atoms with Crippen LogP contribution in [0.4, 0.5) is 0 Å². The van der Waals surface area contributed by atoms with Crippen molar-refractivity contribution in [1.29, 1.82) is 0 Å². The maximum Gasteiger partial charge on any atom is 0.307 e. The van der Waals surface area contributed by atoms with E-state index in [9.17, 15) is 14.7 Å². The van der Waals surface area contributed by atoms with Gasteiger partial charge in [-0.05, 0) is 42.7 Å². The average Bonchev–Trinajstić information content (AvgIpc) is 2.64. The predicted molar refractivity (Wildman–Crippen MR) is 104 cm³/mol. The lowest BCUT2D eigenvalue weighted by atomic mass is 9.98. The van der Waals surface area contributed by atoms with E-state index in [1.54, 1.807) is 24.3 Å². The van der Waals surface area contributed by atoms with Gasteiger partial charge in [0, 0.05) is 12.0 Å². The van der Waals surface area contributed by atoms with Gasteiger partial charge in [-0.15, -0.1) is 0 Å². The van der Waals surface area contributed by atoms with Crippen molar-refractivity contribution in [2.75, 3.05) is 6.61 Å². The molecule has 0 amide bonds. The Labute approximate surface area is 163 Å². The van der Waals surface area contributed by atoms with E-state index in [1.165, 1.54) is 6.92 Å². The maximum absolute atomic E-state index is 11.7. The quantitative estimate of drug-likeness (QED) is 0.709. The Morgan fingerprint density at radius 2 is 2.04 bits per heavy atom. The molecule has 0 aromatic heterocycles. The molecule has 2 aromatic carbocycles. The molecule has 6 nitrogen and oxygen atoms in total. The van der Waals surface area contributed by atoms with Crippen molar-refractivity contribution in [1.82, 2.24) is 0 Å². The molecule has 148 valence electrons. The molecule has 0 spiro atoms. The highest BCUT2D eigenvalue weighted by Gasteiger charge is 2.27. The summed E-state index contributed by atoms with van der Waals surface area (Å²) in [6.07, 6.45) is 1.75. The van der Waals surface area contributed by atoms with Gasteiger partial charge >= 0.3 is 5.97 Å². The highest BCUT2D eigenvalue weighted by Crippen LogP contribution is 2.36. The molecule has 1 aliphatic rings. The minimum absolute atomic E-state index is 0.0292. The first-order chi connectivity index (χ1) is 13.4. The minimum Gasteiger partial charge on any atom is -0.507 e. The molecule has 0 radical (unpaired) electrons. The maximum atomic E-state index is 11.7. The zero-order chi connectivity index (χ0) is 20.3. The van der Waals surface area contributed by atoms with Gasteiger partial charge in [0.1, 0.15) is 30.0 Å². The zero-order valence-corrected chi connectivity index (χ0v) is 16.0. The fourth-order valence-electron chi connectivity index (χ4n) is 3.46. The molecule has 2 N–H and O–H groups in total. The number of rotatable bonds is 7. The fraction of sp³-hybridized carbons (Fsp3) is 0.364. The Morgan fingerprint density at radius 1 is 1.25 bits per heavy atom. The van der Waals surface area contributed by atoms with E-state index in [1.807, 2.05) is 6.07 Å². The Hall–Kier alpha value is -3.02. The number of fused-ring (bicyclic) bond motifs is 1. The summed E-state index contributed by atoms with van der Waals surface area (Å²) in [6.45, 7) is 3.79. The number of carbonyl (C=O) groups excluding carboxylic acids is 1. The summed E-state index contributed by atoms with van der Waals surface area (Å²) in [5, 5.41) is 19.4. The molecule has 1 aliphatic heterocycles. The van der Waals surface area contributed by atoms with Crippen LogP contribution in [-0.2, 0) is 24.1 Å². The molecule has 0 aliphatic carbocycles. The lowest BCUT2D eigenvalue weighted by molar-refractivity contribution is -0.136. The number of aliphatic carboxylic acids is 1. The number of hydrogen-bond donors (Lipinski definition) is 2. The minimum atomic E-state index is -0.870. The fourth-order valence-corrected chi connectivity index (χ4v) is 3.46. The van der Waals surface area contributed by atoms with Gasteiger partial charge in [0.05, 0.1) is 12.0 Å². The molecule has 3 rings (SSSR count). The second kappa shape index (κ2) is 8.33. The van der Waals surface area contributed by atoms with Crippen molar-refractivity contribution in [3.63, 3.8) is 0 Å². The summed E-state index contributed by atoms with van der Waals surface area (Å²) in [7, 11) is 0. The van der Waals surface area contributed by atoms with Crippen molar-refractivity contribution in [2.24, 2.45) is 0 Å². The second-order valence-corrected chi connectivity index (χ2v) is 7.01. The number of ketones is 1. The van der Waals surface area contributed by atoms with Gasteiger partial charge < -0.3 is 19.7 Å². The number of carbonyl (C=O) groups is 2. The number of aromatic hydroxyl groups is 1. The van der Waals surface area contributed by atoms with Gasteiger partial charge in [0.2, 0.25) is 0 Å². The highest BCUT2D eigenvalue weighted by atomic mass is 16.5. The third-order valence-corrected chi connectivity index (χ3v) is 4.77. The van der Waals surface area contributed by atoms with Crippen molar-refractivity contribution in [3.8, 4) is 17.2 Å². The van der Waals surface area contributed by atoms with Crippen LogP contribution in [0.25, 0.3) is 0 Å². The number of hydrogen-bond acceptors (Lipinski definition) is 5. The summed E-state index contributed by atoms with van der Waals surface area (Å²) in [5.41, 5.74) is 2.53. The molecular weight excluding hydrogens is 360 g/mol. The topological polar surface area (TPSA) is 93.1 Å². The van der Waals surface area contributed by atoms with Crippen LogP contribution in [0, 0.1) is 0 Å². The molecule has 0 fully saturated rings. The van der Waals surface area contributed by atoms with E-state index in [-0.39, 0.29) is 29.6 Å². The van der Waals surface area contributed by atoms with Crippen molar-refractivity contribution >= 4 is 11.8 Å². The normalized spacial score (nSPS) is 15.4. The number of carboxylic acids is 1. The Balaban J connectivity index is 1.82. The molecular formula is C22H24O6. The lowest BCUT2D eigenvalue weighted by Gasteiger charge is -2.28. The van der Waals surface area contributed by atoms with Gasteiger partial charge in [0.25, 0.3) is 0 Å². The van der Waals surface area contributed by atoms with E-state index >= 15 is 0 Å². The molecule has 1 unspecified atom stereocenters. The smallest absolute Gasteiger partial charge is 0.307 e. The van der Waals surface area contributed by atoms with E-state index in [2.05, 4.69) is 6.92 Å². The van der Waals surface area contributed by atoms with Crippen molar-refractivity contribution < 1.29 is 29.3 Å². The lowest BCUT2D eigenvalue weighted by Crippen LogP contribution is -2.32. The first kappa shape index (κ1) is 19.7. The van der Waals surface area contributed by atoms with Crippen LogP contribution < -0.4 is 9.47 Å². The summed E-state index contributed by atoms with van der Waals surface area (Å²) in [5.74, 6) is 0.125. The first-order valence-electron chi connectivity index (χ1n) is 9.37. The third kappa shape index (κ3) is 4.27. The molecule has 0 bridgehead atoms. The van der Waals surface area contributed by atoms with Crippen molar-refractivity contribution in [2.45, 2.75) is 45.6 Å². The average molecular weight is 384 g/mol. The van der Waals surface area contributed by atoms with Crippen LogP contribution in [0.15, 0.2) is 30.3 Å². The SMILES string of the molecule is CCCc1cc(CC(=O)O)ccc1OC1COc2ccc(C(C)=O)c(O)c2C1. The van der Waals surface area contributed by atoms with Crippen LogP contribution >= 0.6 is 0 Å². The van der Waals surface area contributed by atoms with Crippen LogP contribution in [0.3, 0.4) is 0 Å². The number of ether oxygens (including phenoxy) is 2. The predicted octanol–water partition coefficient (Wildman–Crippen LogP) is 3.56. The monoisotopic (exact) mass is 384 g/mol. The Bertz CT molecular complexity index is 902. The van der Waals surface area contributed by atoms with Crippen molar-refractivity contribution in [3.05, 3.63) is 52.6 Å². The van der Waals surface area contributed by atoms with E-state index in [4.69, 9.17) is 14.6 Å². The van der Waals surface area contributed by atoms with Crippen LogP contribution in [0.5, 0.6) is 17.2 Å². The molecule has 0 saturated heterocycles. The van der Waals surface area contributed by atoms with Gasteiger partial charge in [-0.1, -0.05) is 25.5 Å². The van der Waals surface area contributed by atoms with Gasteiger partial charge in [-0.2, -0.15) is 0 Å². The Kier molecular flexibility index (Phi) is 5.87. The number of phenolic OH excluding ortho intramolecular Hbond substituents is 1. The number of aryl methyl sites for hydroxylation is 1. The van der Waals surface area contributed by atoms with Crippen LogP contribution in [-0.4, -0.2) is 34.7 Å². The number of Topliss-reactive ketones (excluding diaryl/α,β-unsaturated/α-hetero) is 1. The van der Waals surface area contributed by atoms with E-state index in [0.717, 1.165) is 24.0 Å². The Morgan fingerprint density at radius 3 is 2.71 bits per heavy atom. The standard InChI is InChI=1S/C22H24O6/c1-3-4-15-9-14(10-21(24)25)5-7-19(15)28-16-11-18-20(27-12-16)8-6-17(13(2)23)22(18)26/h5-9,16,26H,3-4,10-12H2,1-2H3,(H,24,25). The largest absolute Gasteiger partial charge is 0.507 e. The molecule has 1 heterocycles. The molecule has 6 heteroatoms. The van der Waals surface area contributed by atoms with Crippen LogP contribution in [0.1, 0.15) is 47.3 Å². The van der Waals surface area contributed by atoms with Gasteiger partial charge in [-0.3, -0.25) is 9.59 Å². The molecule has 2 aromatic rings. The summed E-state index contributed by atoms with van der Waals surface area (Å²) in [6, 6.07) is 8.69. The highest BCUT2D eigenvalue weighted by molar-refractivity contribution is 5.97. The van der Waals surface area contributed by atoms with Gasteiger partial charge in [-0.25, -0.2) is 0 Å². The number of phenols is 1. The zero-order valence-electron chi connectivity index (χ0n) is 16.0. The third-order valence-electron chi connectivity index (χ3n) is 4.77. The van der Waals surface area contributed by atoms with E-state index < -0.39 is 5.97 Å². The van der Waals surface area contributed by atoms with E-state index in [0.29, 0.717) is 30.1 Å². The summed E-state index contributed by atoms with van der Waals surface area (Å²) >= 11 is 0. The van der Waals surface area contributed by atoms with Crippen LogP contribution in [0.2, 0.25) is 0 Å². The molecule has 28 heavy (non-hydrogen) atoms. The second-order valence-electron chi connectivity index (χ2n) is 7.01.